The van der Waals surface area contributed by atoms with E-state index in [1.807, 2.05) is 30.3 Å². The topological polar surface area (TPSA) is 86.6 Å². The van der Waals surface area contributed by atoms with Gasteiger partial charge >= 0.3 is 5.97 Å². The normalized spacial score (nSPS) is 15.6. The minimum atomic E-state index is -0.870. The Balaban J connectivity index is 1.56. The van der Waals surface area contributed by atoms with Crippen LogP contribution in [0.4, 0.5) is 0 Å². The molecule has 1 amide bonds. The van der Waals surface area contributed by atoms with Crippen LogP contribution in [0.5, 0.6) is 0 Å². The lowest BCUT2D eigenvalue weighted by Gasteiger charge is -2.28. The van der Waals surface area contributed by atoms with Gasteiger partial charge in [-0.1, -0.05) is 35.5 Å². The molecule has 8 nitrogen and oxygen atoms in total. The number of aromatic nitrogens is 3. The molecule has 1 aromatic carbocycles. The second-order valence-electron chi connectivity index (χ2n) is 5.77. The molecule has 1 aliphatic rings. The molecule has 8 heteroatoms. The number of amides is 1. The van der Waals surface area contributed by atoms with Crippen molar-refractivity contribution in [2.24, 2.45) is 0 Å². The van der Waals surface area contributed by atoms with Gasteiger partial charge in [-0.25, -0.2) is 9.48 Å². The van der Waals surface area contributed by atoms with Crippen molar-refractivity contribution in [2.45, 2.75) is 19.6 Å². The summed E-state index contributed by atoms with van der Waals surface area (Å²) < 4.78 is 12.0. The fraction of sp³-hybridized carbons (Fsp3) is 0.412. The van der Waals surface area contributed by atoms with Crippen molar-refractivity contribution >= 4 is 11.9 Å². The molecule has 1 atom stereocenters. The Bertz CT molecular complexity index is 725. The Morgan fingerprint density at radius 2 is 1.96 bits per heavy atom. The number of rotatable bonds is 5. The van der Waals surface area contributed by atoms with Gasteiger partial charge in [0.05, 0.1) is 26.0 Å². The Labute approximate surface area is 145 Å². The van der Waals surface area contributed by atoms with Crippen molar-refractivity contribution < 1.29 is 19.1 Å². The van der Waals surface area contributed by atoms with Gasteiger partial charge in [-0.15, -0.1) is 5.10 Å². The van der Waals surface area contributed by atoms with E-state index in [9.17, 15) is 9.59 Å². The molecule has 0 aliphatic carbocycles. The van der Waals surface area contributed by atoms with Crippen LogP contribution in [0.3, 0.4) is 0 Å². The summed E-state index contributed by atoms with van der Waals surface area (Å²) in [6.45, 7) is 4.08. The van der Waals surface area contributed by atoms with E-state index in [2.05, 4.69) is 10.3 Å². The first-order chi connectivity index (χ1) is 12.1. The van der Waals surface area contributed by atoms with Crippen molar-refractivity contribution in [3.05, 3.63) is 47.8 Å². The molecule has 2 heterocycles. The number of benzene rings is 1. The molecule has 1 unspecified atom stereocenters. The second-order valence-corrected chi connectivity index (χ2v) is 5.77. The van der Waals surface area contributed by atoms with E-state index in [-0.39, 0.29) is 11.6 Å². The summed E-state index contributed by atoms with van der Waals surface area (Å²) in [5.41, 5.74) is 1.13. The van der Waals surface area contributed by atoms with Crippen LogP contribution in [0, 0.1) is 0 Å². The van der Waals surface area contributed by atoms with Crippen molar-refractivity contribution in [3.63, 3.8) is 0 Å². The van der Waals surface area contributed by atoms with Crippen molar-refractivity contribution in [3.8, 4) is 0 Å². The standard InChI is InChI=1S/C17H20N4O4/c1-13(16(22)20-7-9-24-10-8-20)25-17(23)15-12-21(19-18-15)11-14-5-3-2-4-6-14/h2-6,12-13H,7-11H2,1H3. The third-order valence-electron chi connectivity index (χ3n) is 3.89. The molecule has 1 fully saturated rings. The summed E-state index contributed by atoms with van der Waals surface area (Å²) in [7, 11) is 0. The van der Waals surface area contributed by atoms with Gasteiger partial charge in [0.25, 0.3) is 5.91 Å². The van der Waals surface area contributed by atoms with Gasteiger partial charge in [-0.2, -0.15) is 0 Å². The summed E-state index contributed by atoms with van der Waals surface area (Å²) in [6, 6.07) is 9.72. The number of morpholine rings is 1. The molecule has 0 bridgehead atoms. The van der Waals surface area contributed by atoms with Crippen LogP contribution >= 0.6 is 0 Å². The van der Waals surface area contributed by atoms with E-state index >= 15 is 0 Å². The van der Waals surface area contributed by atoms with Crippen molar-refractivity contribution in [1.82, 2.24) is 19.9 Å². The third kappa shape index (κ3) is 4.42. The first kappa shape index (κ1) is 17.1. The summed E-state index contributed by atoms with van der Waals surface area (Å²) >= 11 is 0. The number of esters is 1. The van der Waals surface area contributed by atoms with Crippen LogP contribution < -0.4 is 0 Å². The highest BCUT2D eigenvalue weighted by Crippen LogP contribution is 2.07. The smallest absolute Gasteiger partial charge is 0.361 e. The van der Waals surface area contributed by atoms with Crippen LogP contribution in [-0.2, 0) is 20.8 Å². The zero-order chi connectivity index (χ0) is 17.6. The molecule has 0 radical (unpaired) electrons. The number of ether oxygens (including phenoxy) is 2. The van der Waals surface area contributed by atoms with Crippen LogP contribution in [0.2, 0.25) is 0 Å². The lowest BCUT2D eigenvalue weighted by Crippen LogP contribution is -2.46. The highest BCUT2D eigenvalue weighted by atomic mass is 16.5. The quantitative estimate of drug-likeness (QED) is 0.743. The van der Waals surface area contributed by atoms with Crippen LogP contribution in [0.25, 0.3) is 0 Å². The number of carbonyl (C=O) groups excluding carboxylic acids is 2. The van der Waals surface area contributed by atoms with E-state index in [0.29, 0.717) is 32.8 Å². The van der Waals surface area contributed by atoms with Gasteiger partial charge in [0.1, 0.15) is 0 Å². The lowest BCUT2D eigenvalue weighted by molar-refractivity contribution is -0.143. The van der Waals surface area contributed by atoms with Gasteiger partial charge in [-0.3, -0.25) is 4.79 Å². The number of hydrogen-bond acceptors (Lipinski definition) is 6. The minimum Gasteiger partial charge on any atom is -0.448 e. The predicted molar refractivity (Wildman–Crippen MR) is 87.8 cm³/mol. The molecule has 3 rings (SSSR count). The lowest BCUT2D eigenvalue weighted by atomic mass is 10.2. The van der Waals surface area contributed by atoms with E-state index < -0.39 is 12.1 Å². The second kappa shape index (κ2) is 7.89. The highest BCUT2D eigenvalue weighted by Gasteiger charge is 2.26. The SMILES string of the molecule is CC(OC(=O)c1cn(Cc2ccccc2)nn1)C(=O)N1CCOCC1. The van der Waals surface area contributed by atoms with E-state index in [0.717, 1.165) is 5.56 Å². The summed E-state index contributed by atoms with van der Waals surface area (Å²) in [6.07, 6.45) is 0.645. The van der Waals surface area contributed by atoms with Gasteiger partial charge in [-0.05, 0) is 12.5 Å². The fourth-order valence-corrected chi connectivity index (χ4v) is 2.55. The van der Waals surface area contributed by atoms with E-state index in [1.54, 1.807) is 16.5 Å². The Morgan fingerprint density at radius 1 is 1.24 bits per heavy atom. The number of carbonyl (C=O) groups is 2. The molecular formula is C17H20N4O4. The summed E-state index contributed by atoms with van der Waals surface area (Å²) in [4.78, 5) is 26.1. The Kier molecular flexibility index (Phi) is 5.39. The maximum Gasteiger partial charge on any atom is 0.361 e. The van der Waals surface area contributed by atoms with Gasteiger partial charge in [0, 0.05) is 13.1 Å². The molecule has 1 aromatic heterocycles. The van der Waals surface area contributed by atoms with Crippen LogP contribution in [0.15, 0.2) is 36.5 Å². The van der Waals surface area contributed by atoms with Crippen LogP contribution in [-0.4, -0.2) is 64.2 Å². The Morgan fingerprint density at radius 3 is 2.68 bits per heavy atom. The van der Waals surface area contributed by atoms with Gasteiger partial charge in [0.2, 0.25) is 0 Å². The molecule has 25 heavy (non-hydrogen) atoms. The fourth-order valence-electron chi connectivity index (χ4n) is 2.55. The van der Waals surface area contributed by atoms with Crippen molar-refractivity contribution in [1.29, 1.82) is 0 Å². The average Bonchev–Trinajstić information content (AvgIpc) is 3.11. The first-order valence-electron chi connectivity index (χ1n) is 8.15. The third-order valence-corrected chi connectivity index (χ3v) is 3.89. The summed E-state index contributed by atoms with van der Waals surface area (Å²) in [5, 5.41) is 7.76. The van der Waals surface area contributed by atoms with E-state index in [1.165, 1.54) is 6.20 Å². The van der Waals surface area contributed by atoms with Crippen LogP contribution in [0.1, 0.15) is 23.0 Å². The molecule has 2 aromatic rings. The van der Waals surface area contributed by atoms with Gasteiger partial charge in [0.15, 0.2) is 11.8 Å². The van der Waals surface area contributed by atoms with Gasteiger partial charge < -0.3 is 14.4 Å². The van der Waals surface area contributed by atoms with Crippen molar-refractivity contribution in [2.75, 3.05) is 26.3 Å². The predicted octanol–water partition coefficient (Wildman–Crippen LogP) is 0.730. The molecule has 0 N–H and O–H groups in total. The highest BCUT2D eigenvalue weighted by molar-refractivity contribution is 5.90. The molecule has 132 valence electrons. The summed E-state index contributed by atoms with van der Waals surface area (Å²) in [5.74, 6) is -0.887. The number of nitrogens with zero attached hydrogens (tertiary/aromatic N) is 4. The van der Waals surface area contributed by atoms with E-state index in [4.69, 9.17) is 9.47 Å². The Hall–Kier alpha value is -2.74. The zero-order valence-corrected chi connectivity index (χ0v) is 14.0. The maximum absolute atomic E-state index is 12.3. The minimum absolute atomic E-state index is 0.0811. The largest absolute Gasteiger partial charge is 0.448 e. The molecule has 1 aliphatic heterocycles. The molecule has 0 spiro atoms. The maximum atomic E-state index is 12.3. The molecule has 0 saturated carbocycles. The molecule has 1 saturated heterocycles. The average molecular weight is 344 g/mol. The first-order valence-corrected chi connectivity index (χ1v) is 8.15. The monoisotopic (exact) mass is 344 g/mol. The number of hydrogen-bond donors (Lipinski definition) is 0. The molecular weight excluding hydrogens is 324 g/mol. The zero-order valence-electron chi connectivity index (χ0n) is 14.0.